The Morgan fingerprint density at radius 1 is 1.47 bits per heavy atom. The molecular formula is C14H21NO4. The van der Waals surface area contributed by atoms with Crippen LogP contribution < -0.4 is 10.3 Å². The van der Waals surface area contributed by atoms with Gasteiger partial charge in [-0.2, -0.15) is 0 Å². The first-order valence-corrected chi connectivity index (χ1v) is 6.54. The first kappa shape index (κ1) is 15.3. The third-order valence-electron chi connectivity index (χ3n) is 2.90. The van der Waals surface area contributed by atoms with Gasteiger partial charge in [0.15, 0.2) is 5.75 Å². The number of carbonyl (C=O) groups is 1. The number of hydrogen-bond acceptors (Lipinski definition) is 3. The summed E-state index contributed by atoms with van der Waals surface area (Å²) >= 11 is 0. The predicted molar refractivity (Wildman–Crippen MR) is 72.6 cm³/mol. The van der Waals surface area contributed by atoms with E-state index in [0.717, 1.165) is 6.42 Å². The smallest absolute Gasteiger partial charge is 0.326 e. The molecule has 0 aliphatic rings. The molecule has 1 heterocycles. The second kappa shape index (κ2) is 6.97. The number of nitrogens with zero attached hydrogens (tertiary/aromatic N) is 1. The molecule has 1 aromatic heterocycles. The summed E-state index contributed by atoms with van der Waals surface area (Å²) in [5.74, 6) is -0.305. The lowest BCUT2D eigenvalue weighted by molar-refractivity contribution is -0.141. The summed E-state index contributed by atoms with van der Waals surface area (Å²) in [4.78, 5) is 23.2. The molecule has 0 spiro atoms. The average Bonchev–Trinajstić information content (AvgIpc) is 2.33. The quantitative estimate of drug-likeness (QED) is 0.823. The van der Waals surface area contributed by atoms with E-state index in [2.05, 4.69) is 13.8 Å². The van der Waals surface area contributed by atoms with Crippen LogP contribution in [0.3, 0.4) is 0 Å². The van der Waals surface area contributed by atoms with E-state index in [1.807, 2.05) is 0 Å². The zero-order valence-electron chi connectivity index (χ0n) is 11.6. The fourth-order valence-corrected chi connectivity index (χ4v) is 1.74. The topological polar surface area (TPSA) is 68.5 Å². The van der Waals surface area contributed by atoms with Crippen LogP contribution in [0.2, 0.25) is 0 Å². The van der Waals surface area contributed by atoms with Crippen LogP contribution in [0.25, 0.3) is 0 Å². The number of carboxylic acid groups (broad SMARTS) is 1. The lowest BCUT2D eigenvalue weighted by Crippen LogP contribution is -2.29. The van der Waals surface area contributed by atoms with Crippen LogP contribution in [-0.2, 0) is 4.79 Å². The van der Waals surface area contributed by atoms with Gasteiger partial charge in [0.1, 0.15) is 6.04 Å². The first-order valence-electron chi connectivity index (χ1n) is 6.54. The summed E-state index contributed by atoms with van der Waals surface area (Å²) in [7, 11) is 0. The molecule has 1 unspecified atom stereocenters. The Morgan fingerprint density at radius 2 is 2.16 bits per heavy atom. The van der Waals surface area contributed by atoms with Crippen molar-refractivity contribution in [3.63, 3.8) is 0 Å². The first-order chi connectivity index (χ1) is 8.97. The van der Waals surface area contributed by atoms with Crippen molar-refractivity contribution in [1.29, 1.82) is 0 Å². The van der Waals surface area contributed by atoms with E-state index in [-0.39, 0.29) is 11.3 Å². The number of aliphatic carboxylic acids is 1. The normalized spacial score (nSPS) is 12.4. The fourth-order valence-electron chi connectivity index (χ4n) is 1.74. The molecule has 19 heavy (non-hydrogen) atoms. The van der Waals surface area contributed by atoms with Gasteiger partial charge in [0, 0.05) is 6.20 Å². The molecule has 0 aliphatic carbocycles. The second-order valence-electron chi connectivity index (χ2n) is 4.88. The highest BCUT2D eigenvalue weighted by Crippen LogP contribution is 2.12. The van der Waals surface area contributed by atoms with Crippen molar-refractivity contribution in [2.24, 2.45) is 5.92 Å². The molecule has 1 rings (SSSR count). The molecule has 1 atom stereocenters. The van der Waals surface area contributed by atoms with Crippen molar-refractivity contribution in [3.05, 3.63) is 28.7 Å². The van der Waals surface area contributed by atoms with Gasteiger partial charge in [-0.3, -0.25) is 9.36 Å². The molecule has 5 nitrogen and oxygen atoms in total. The molecule has 0 radical (unpaired) electrons. The summed E-state index contributed by atoms with van der Waals surface area (Å²) in [6, 6.07) is 2.37. The van der Waals surface area contributed by atoms with Crippen LogP contribution >= 0.6 is 0 Å². The van der Waals surface area contributed by atoms with Crippen LogP contribution in [0.5, 0.6) is 5.75 Å². The van der Waals surface area contributed by atoms with Gasteiger partial charge in [0.05, 0.1) is 6.61 Å². The number of carboxylic acids is 1. The Balaban J connectivity index is 2.92. The Labute approximate surface area is 112 Å². The Morgan fingerprint density at radius 3 is 2.68 bits per heavy atom. The maximum absolute atomic E-state index is 12.1. The highest BCUT2D eigenvalue weighted by atomic mass is 16.5. The van der Waals surface area contributed by atoms with Crippen LogP contribution in [0.4, 0.5) is 0 Å². The number of ether oxygens (including phenoxy) is 1. The van der Waals surface area contributed by atoms with Gasteiger partial charge in [-0.1, -0.05) is 20.8 Å². The van der Waals surface area contributed by atoms with Crippen molar-refractivity contribution in [2.75, 3.05) is 6.61 Å². The summed E-state index contributed by atoms with van der Waals surface area (Å²) in [5, 5.41) is 9.09. The summed E-state index contributed by atoms with van der Waals surface area (Å²) < 4.78 is 6.65. The molecule has 0 saturated heterocycles. The fraction of sp³-hybridized carbons (Fsp3) is 0.571. The van der Waals surface area contributed by atoms with Crippen molar-refractivity contribution >= 4 is 5.97 Å². The monoisotopic (exact) mass is 267 g/mol. The predicted octanol–water partition coefficient (Wildman–Crippen LogP) is 2.31. The van der Waals surface area contributed by atoms with Gasteiger partial charge in [0.25, 0.3) is 5.56 Å². The minimum Gasteiger partial charge on any atom is -0.488 e. The van der Waals surface area contributed by atoms with E-state index < -0.39 is 12.0 Å². The Hall–Kier alpha value is -1.78. The van der Waals surface area contributed by atoms with Crippen molar-refractivity contribution < 1.29 is 14.6 Å². The van der Waals surface area contributed by atoms with E-state index in [0.29, 0.717) is 18.9 Å². The van der Waals surface area contributed by atoms with Crippen molar-refractivity contribution in [2.45, 2.75) is 39.7 Å². The molecule has 0 amide bonds. The molecule has 0 saturated carbocycles. The molecule has 0 aliphatic heterocycles. The highest BCUT2D eigenvalue weighted by molar-refractivity contribution is 5.71. The molecule has 1 N–H and O–H groups in total. The molecule has 106 valence electrons. The van der Waals surface area contributed by atoms with Gasteiger partial charge >= 0.3 is 5.97 Å². The molecular weight excluding hydrogens is 246 g/mol. The van der Waals surface area contributed by atoms with Gasteiger partial charge in [-0.15, -0.1) is 0 Å². The Kier molecular flexibility index (Phi) is 5.60. The van der Waals surface area contributed by atoms with E-state index >= 15 is 0 Å². The molecule has 0 bridgehead atoms. The van der Waals surface area contributed by atoms with E-state index in [9.17, 15) is 9.59 Å². The van der Waals surface area contributed by atoms with Crippen molar-refractivity contribution in [1.82, 2.24) is 4.57 Å². The SMILES string of the molecule is CCC(C(=O)O)n1cccc(OCCC(C)C)c1=O. The average molecular weight is 267 g/mol. The highest BCUT2D eigenvalue weighted by Gasteiger charge is 2.19. The minimum absolute atomic E-state index is 0.211. The second-order valence-corrected chi connectivity index (χ2v) is 4.88. The molecule has 0 aromatic carbocycles. The lowest BCUT2D eigenvalue weighted by Gasteiger charge is -2.15. The van der Waals surface area contributed by atoms with E-state index in [4.69, 9.17) is 9.84 Å². The largest absolute Gasteiger partial charge is 0.488 e. The summed E-state index contributed by atoms with van der Waals surface area (Å²) in [5.41, 5.74) is -0.388. The van der Waals surface area contributed by atoms with Gasteiger partial charge < -0.3 is 9.84 Å². The van der Waals surface area contributed by atoms with Gasteiger partial charge in [-0.05, 0) is 30.9 Å². The van der Waals surface area contributed by atoms with Gasteiger partial charge in [-0.25, -0.2) is 4.79 Å². The maximum Gasteiger partial charge on any atom is 0.326 e. The third-order valence-corrected chi connectivity index (χ3v) is 2.90. The van der Waals surface area contributed by atoms with Crippen molar-refractivity contribution in [3.8, 4) is 5.75 Å². The minimum atomic E-state index is -1.01. The lowest BCUT2D eigenvalue weighted by atomic mass is 10.1. The van der Waals surface area contributed by atoms with E-state index in [1.165, 1.54) is 10.8 Å². The zero-order valence-corrected chi connectivity index (χ0v) is 11.6. The number of pyridine rings is 1. The summed E-state index contributed by atoms with van der Waals surface area (Å²) in [6.07, 6.45) is 2.69. The molecule has 5 heteroatoms. The standard InChI is InChI=1S/C14H21NO4/c1-4-11(14(17)18)15-8-5-6-12(13(15)16)19-9-7-10(2)3/h5-6,8,10-11H,4,7,9H2,1-3H3,(H,17,18). The Bertz CT molecular complexity index is 479. The summed E-state index contributed by atoms with van der Waals surface area (Å²) in [6.45, 7) is 6.34. The zero-order chi connectivity index (χ0) is 14.4. The third kappa shape index (κ3) is 4.12. The van der Waals surface area contributed by atoms with Crippen LogP contribution in [0, 0.1) is 5.92 Å². The molecule has 0 fully saturated rings. The molecule has 1 aromatic rings. The maximum atomic E-state index is 12.1. The number of aromatic nitrogens is 1. The number of hydrogen-bond donors (Lipinski definition) is 1. The van der Waals surface area contributed by atoms with E-state index in [1.54, 1.807) is 19.1 Å². The van der Waals surface area contributed by atoms with Crippen LogP contribution in [0.1, 0.15) is 39.7 Å². The van der Waals surface area contributed by atoms with Crippen LogP contribution in [0.15, 0.2) is 23.1 Å². The van der Waals surface area contributed by atoms with Gasteiger partial charge in [0.2, 0.25) is 0 Å². The number of rotatable bonds is 7. The van der Waals surface area contributed by atoms with Crippen LogP contribution in [-0.4, -0.2) is 22.2 Å².